The van der Waals surface area contributed by atoms with Crippen LogP contribution in [0.1, 0.15) is 25.7 Å². The number of nitrogens with one attached hydrogen (secondary N) is 1. The Morgan fingerprint density at radius 3 is 2.44 bits per heavy atom. The van der Waals surface area contributed by atoms with Crippen LogP contribution in [0.4, 0.5) is 15.8 Å². The highest BCUT2D eigenvalue weighted by Crippen LogP contribution is 2.49. The third kappa shape index (κ3) is 2.56. The molecule has 1 aromatic carbocycles. The minimum absolute atomic E-state index is 0.126. The van der Waals surface area contributed by atoms with Gasteiger partial charge in [0.2, 0.25) is 0 Å². The zero-order chi connectivity index (χ0) is 12.7. The summed E-state index contributed by atoms with van der Waals surface area (Å²) >= 11 is 5.78. The molecule has 4 heteroatoms. The van der Waals surface area contributed by atoms with Gasteiger partial charge in [-0.05, 0) is 49.5 Å². The van der Waals surface area contributed by atoms with Gasteiger partial charge in [-0.3, -0.25) is 0 Å². The van der Waals surface area contributed by atoms with Crippen molar-refractivity contribution in [1.82, 2.24) is 0 Å². The monoisotopic (exact) mass is 268 g/mol. The zero-order valence-electron chi connectivity index (χ0n) is 10.3. The second kappa shape index (κ2) is 4.61. The summed E-state index contributed by atoms with van der Waals surface area (Å²) in [5.41, 5.74) is 6.99. The van der Waals surface area contributed by atoms with Gasteiger partial charge in [0.25, 0.3) is 0 Å². The van der Waals surface area contributed by atoms with E-state index in [2.05, 4.69) is 5.32 Å². The molecule has 0 saturated heterocycles. The first-order valence-electron chi connectivity index (χ1n) is 6.63. The maximum atomic E-state index is 13.2. The van der Waals surface area contributed by atoms with Crippen LogP contribution in [0, 0.1) is 23.6 Å². The van der Waals surface area contributed by atoms with Crippen molar-refractivity contribution in [1.29, 1.82) is 0 Å². The van der Waals surface area contributed by atoms with Crippen LogP contribution >= 0.6 is 11.6 Å². The SMILES string of the molecule is Nc1cc(F)c(Cl)cc1NCC(C1CC1)C1CC1. The zero-order valence-corrected chi connectivity index (χ0v) is 11.0. The van der Waals surface area contributed by atoms with Gasteiger partial charge in [0.15, 0.2) is 0 Å². The molecule has 0 amide bonds. The Bertz CT molecular complexity index is 443. The Morgan fingerprint density at radius 1 is 1.28 bits per heavy atom. The van der Waals surface area contributed by atoms with Gasteiger partial charge in [-0.2, -0.15) is 0 Å². The van der Waals surface area contributed by atoms with E-state index in [1.807, 2.05) is 0 Å². The molecule has 2 fully saturated rings. The number of benzene rings is 1. The average Bonchev–Trinajstić information content (AvgIpc) is 3.17. The van der Waals surface area contributed by atoms with Crippen LogP contribution in [0.5, 0.6) is 0 Å². The normalized spacial score (nSPS) is 19.3. The molecule has 2 nitrogen and oxygen atoms in total. The fourth-order valence-electron chi connectivity index (χ4n) is 2.71. The number of nitrogen functional groups attached to an aromatic ring is 1. The summed E-state index contributed by atoms with van der Waals surface area (Å²) in [6.45, 7) is 0.932. The molecule has 0 atom stereocenters. The van der Waals surface area contributed by atoms with Crippen molar-refractivity contribution in [3.63, 3.8) is 0 Å². The van der Waals surface area contributed by atoms with Crippen molar-refractivity contribution >= 4 is 23.0 Å². The quantitative estimate of drug-likeness (QED) is 0.795. The molecule has 0 aromatic heterocycles. The molecule has 0 unspecified atom stereocenters. The molecule has 2 saturated carbocycles. The molecule has 2 aliphatic rings. The molecule has 0 heterocycles. The van der Waals surface area contributed by atoms with E-state index in [0.717, 1.165) is 30.0 Å². The fraction of sp³-hybridized carbons (Fsp3) is 0.571. The fourth-order valence-corrected chi connectivity index (χ4v) is 2.87. The van der Waals surface area contributed by atoms with Crippen LogP contribution in [0.2, 0.25) is 5.02 Å². The summed E-state index contributed by atoms with van der Waals surface area (Å²) < 4.78 is 13.2. The second-order valence-electron chi connectivity index (χ2n) is 5.57. The third-order valence-corrected chi connectivity index (χ3v) is 4.37. The topological polar surface area (TPSA) is 38.0 Å². The van der Waals surface area contributed by atoms with Gasteiger partial charge >= 0.3 is 0 Å². The summed E-state index contributed by atoms with van der Waals surface area (Å²) in [4.78, 5) is 0. The second-order valence-corrected chi connectivity index (χ2v) is 5.98. The van der Waals surface area contributed by atoms with Crippen LogP contribution in [0.3, 0.4) is 0 Å². The molecule has 0 spiro atoms. The van der Waals surface area contributed by atoms with E-state index in [9.17, 15) is 4.39 Å². The van der Waals surface area contributed by atoms with Crippen LogP contribution in [-0.2, 0) is 0 Å². The summed E-state index contributed by atoms with van der Waals surface area (Å²) in [6.07, 6.45) is 5.45. The van der Waals surface area contributed by atoms with E-state index in [1.54, 1.807) is 6.07 Å². The number of nitrogens with two attached hydrogens (primary N) is 1. The standard InChI is InChI=1S/C14H18ClFN2/c15-11-5-14(13(17)6-12(11)16)18-7-10(8-1-2-8)9-3-4-9/h5-6,8-10,18H,1-4,7,17H2. The molecule has 0 radical (unpaired) electrons. The van der Waals surface area contributed by atoms with E-state index >= 15 is 0 Å². The molecule has 0 bridgehead atoms. The first-order chi connectivity index (χ1) is 8.65. The summed E-state index contributed by atoms with van der Waals surface area (Å²) in [5, 5.41) is 3.47. The van der Waals surface area contributed by atoms with Gasteiger partial charge in [-0.1, -0.05) is 11.6 Å². The minimum Gasteiger partial charge on any atom is -0.397 e. The smallest absolute Gasteiger partial charge is 0.143 e. The Labute approximate surface area is 112 Å². The maximum absolute atomic E-state index is 13.2. The number of rotatable bonds is 5. The summed E-state index contributed by atoms with van der Waals surface area (Å²) in [5.74, 6) is 2.08. The molecule has 3 rings (SSSR count). The lowest BCUT2D eigenvalue weighted by atomic mass is 9.98. The molecule has 18 heavy (non-hydrogen) atoms. The predicted octanol–water partition coefficient (Wildman–Crippen LogP) is 3.91. The molecule has 1 aromatic rings. The number of hydrogen-bond acceptors (Lipinski definition) is 2. The van der Waals surface area contributed by atoms with Crippen molar-refractivity contribution in [3.8, 4) is 0 Å². The van der Waals surface area contributed by atoms with Crippen molar-refractivity contribution in [3.05, 3.63) is 23.0 Å². The van der Waals surface area contributed by atoms with Crippen molar-refractivity contribution in [2.45, 2.75) is 25.7 Å². The van der Waals surface area contributed by atoms with E-state index in [0.29, 0.717) is 5.69 Å². The van der Waals surface area contributed by atoms with Crippen molar-refractivity contribution < 1.29 is 4.39 Å². The molecule has 0 aliphatic heterocycles. The van der Waals surface area contributed by atoms with Gasteiger partial charge in [-0.15, -0.1) is 0 Å². The van der Waals surface area contributed by atoms with Gasteiger partial charge < -0.3 is 11.1 Å². The van der Waals surface area contributed by atoms with Gasteiger partial charge in [-0.25, -0.2) is 4.39 Å². The van der Waals surface area contributed by atoms with Crippen LogP contribution < -0.4 is 11.1 Å². The molecule has 3 N–H and O–H groups in total. The number of anilines is 2. The van der Waals surface area contributed by atoms with Gasteiger partial charge in [0, 0.05) is 12.6 Å². The highest BCUT2D eigenvalue weighted by molar-refractivity contribution is 6.31. The molecular formula is C14H18ClFN2. The van der Waals surface area contributed by atoms with Crippen molar-refractivity contribution in [2.75, 3.05) is 17.6 Å². The molecule has 98 valence electrons. The minimum atomic E-state index is -0.458. The van der Waals surface area contributed by atoms with Gasteiger partial charge in [0.1, 0.15) is 5.82 Å². The molecular weight excluding hydrogens is 251 g/mol. The summed E-state index contributed by atoms with van der Waals surface area (Å²) in [6, 6.07) is 2.87. The van der Waals surface area contributed by atoms with Crippen LogP contribution in [0.25, 0.3) is 0 Å². The van der Waals surface area contributed by atoms with E-state index < -0.39 is 5.82 Å². The lowest BCUT2D eigenvalue weighted by Crippen LogP contribution is -2.18. The highest BCUT2D eigenvalue weighted by Gasteiger charge is 2.41. The van der Waals surface area contributed by atoms with Crippen LogP contribution in [0.15, 0.2) is 12.1 Å². The first kappa shape index (κ1) is 12.1. The van der Waals surface area contributed by atoms with E-state index in [-0.39, 0.29) is 5.02 Å². The number of hydrogen-bond donors (Lipinski definition) is 2. The van der Waals surface area contributed by atoms with Crippen LogP contribution in [-0.4, -0.2) is 6.54 Å². The number of halogens is 2. The Morgan fingerprint density at radius 2 is 1.89 bits per heavy atom. The van der Waals surface area contributed by atoms with Crippen molar-refractivity contribution in [2.24, 2.45) is 17.8 Å². The van der Waals surface area contributed by atoms with Gasteiger partial charge in [0.05, 0.1) is 16.4 Å². The lowest BCUT2D eigenvalue weighted by Gasteiger charge is -2.18. The predicted molar refractivity (Wildman–Crippen MR) is 73.3 cm³/mol. The Hall–Kier alpha value is -0.960. The lowest BCUT2D eigenvalue weighted by molar-refractivity contribution is 0.428. The Kier molecular flexibility index (Phi) is 3.10. The van der Waals surface area contributed by atoms with E-state index in [1.165, 1.54) is 31.7 Å². The largest absolute Gasteiger partial charge is 0.397 e. The third-order valence-electron chi connectivity index (χ3n) is 4.08. The van der Waals surface area contributed by atoms with E-state index in [4.69, 9.17) is 17.3 Å². The highest BCUT2D eigenvalue weighted by atomic mass is 35.5. The molecule has 2 aliphatic carbocycles. The summed E-state index contributed by atoms with van der Waals surface area (Å²) in [7, 11) is 0. The maximum Gasteiger partial charge on any atom is 0.143 e. The Balaban J connectivity index is 1.66. The first-order valence-corrected chi connectivity index (χ1v) is 7.01. The average molecular weight is 269 g/mol.